The highest BCUT2D eigenvalue weighted by atomic mass is 16.5. The van der Waals surface area contributed by atoms with Gasteiger partial charge in [-0.1, -0.05) is 39.0 Å². The minimum Gasteiger partial charge on any atom is -0.393 e. The Kier molecular flexibility index (Phi) is 4.55. The molecule has 2 saturated heterocycles. The average molecular weight is 370 g/mol. The number of aliphatic hydroxyl groups excluding tert-OH is 1. The summed E-state index contributed by atoms with van der Waals surface area (Å²) in [6.07, 6.45) is 2.67. The Hall–Kier alpha value is -1.85. The lowest BCUT2D eigenvalue weighted by atomic mass is 9.76. The van der Waals surface area contributed by atoms with E-state index in [2.05, 4.69) is 25.8 Å². The van der Waals surface area contributed by atoms with Gasteiger partial charge in [-0.25, -0.2) is 0 Å². The fraction of sp³-hybridized carbons (Fsp3) is 0.591. The van der Waals surface area contributed by atoms with Crippen LogP contribution in [0.1, 0.15) is 56.9 Å². The molecule has 4 rings (SSSR count). The third-order valence-corrected chi connectivity index (χ3v) is 6.17. The zero-order valence-electron chi connectivity index (χ0n) is 16.5. The average Bonchev–Trinajstić information content (AvgIpc) is 3.04. The molecule has 5 heteroatoms. The maximum atomic E-state index is 12.9. The van der Waals surface area contributed by atoms with E-state index in [0.29, 0.717) is 31.6 Å². The van der Waals surface area contributed by atoms with E-state index in [4.69, 9.17) is 4.74 Å². The van der Waals surface area contributed by atoms with Gasteiger partial charge in [0.05, 0.1) is 17.8 Å². The van der Waals surface area contributed by atoms with Crippen LogP contribution in [0.15, 0.2) is 30.3 Å². The monoisotopic (exact) mass is 370 g/mol. The zero-order chi connectivity index (χ0) is 19.2. The highest BCUT2D eigenvalue weighted by molar-refractivity contribution is 5.98. The minimum atomic E-state index is -0.320. The Morgan fingerprint density at radius 1 is 1.26 bits per heavy atom. The molecular weight excluding hydrogens is 340 g/mol. The van der Waals surface area contributed by atoms with E-state index >= 15 is 0 Å². The van der Waals surface area contributed by atoms with Crippen LogP contribution >= 0.6 is 0 Å². The molecule has 0 unspecified atom stereocenters. The molecular formula is C22H30N2O3. The molecule has 2 N–H and O–H groups in total. The van der Waals surface area contributed by atoms with E-state index in [9.17, 15) is 9.90 Å². The lowest BCUT2D eigenvalue weighted by molar-refractivity contribution is -0.205. The second-order valence-electron chi connectivity index (χ2n) is 9.31. The molecule has 0 aliphatic carbocycles. The third-order valence-electron chi connectivity index (χ3n) is 6.17. The number of piperidine rings is 1. The number of aromatic amines is 1. The number of benzene rings is 1. The largest absolute Gasteiger partial charge is 0.393 e. The van der Waals surface area contributed by atoms with Crippen LogP contribution in [-0.2, 0) is 4.74 Å². The predicted octanol–water partition coefficient (Wildman–Crippen LogP) is 3.73. The van der Waals surface area contributed by atoms with Crippen molar-refractivity contribution in [3.05, 3.63) is 36.0 Å². The first-order chi connectivity index (χ1) is 12.8. The van der Waals surface area contributed by atoms with Crippen molar-refractivity contribution in [3.8, 4) is 0 Å². The number of amides is 1. The molecule has 5 nitrogen and oxygen atoms in total. The molecule has 1 aromatic carbocycles. The molecule has 0 bridgehead atoms. The molecule has 146 valence electrons. The fourth-order valence-corrected chi connectivity index (χ4v) is 4.49. The van der Waals surface area contributed by atoms with Crippen LogP contribution in [0.2, 0.25) is 0 Å². The van der Waals surface area contributed by atoms with Crippen LogP contribution in [0.4, 0.5) is 0 Å². The van der Waals surface area contributed by atoms with Gasteiger partial charge in [-0.05, 0) is 30.4 Å². The Morgan fingerprint density at radius 3 is 2.63 bits per heavy atom. The number of aliphatic hydroxyl groups is 1. The number of H-pyrrole nitrogens is 1. The highest BCUT2D eigenvalue weighted by Gasteiger charge is 2.46. The van der Waals surface area contributed by atoms with E-state index in [1.54, 1.807) is 0 Å². The van der Waals surface area contributed by atoms with Crippen molar-refractivity contribution in [2.45, 2.75) is 64.3 Å². The van der Waals surface area contributed by atoms with Gasteiger partial charge in [0.15, 0.2) is 0 Å². The molecule has 2 aromatic rings. The standard InChI is InChI=1S/C22H30N2O3/c1-21(2,3)19-13-16(25)14-22(27-19)8-10-24(11-9-22)20(26)18-12-15-6-4-5-7-17(15)23-18/h4-7,12,16,19,23,25H,8-11,13-14H2,1-3H3/t16-,19-/m1/s1. The summed E-state index contributed by atoms with van der Waals surface area (Å²) in [5.41, 5.74) is 1.34. The molecule has 2 aliphatic heterocycles. The number of para-hydroxylation sites is 1. The molecule has 0 saturated carbocycles. The van der Waals surface area contributed by atoms with Gasteiger partial charge in [-0.15, -0.1) is 0 Å². The van der Waals surface area contributed by atoms with Crippen molar-refractivity contribution in [2.75, 3.05) is 13.1 Å². The lowest BCUT2D eigenvalue weighted by Gasteiger charge is -2.50. The first-order valence-electron chi connectivity index (χ1n) is 9.99. The van der Waals surface area contributed by atoms with E-state index in [-0.39, 0.29) is 29.1 Å². The molecule has 1 aromatic heterocycles. The lowest BCUT2D eigenvalue weighted by Crippen LogP contribution is -2.55. The molecule has 0 radical (unpaired) electrons. The van der Waals surface area contributed by atoms with Gasteiger partial charge in [0, 0.05) is 36.8 Å². The minimum absolute atomic E-state index is 0.00566. The normalized spacial score (nSPS) is 25.9. The molecule has 2 fully saturated rings. The summed E-state index contributed by atoms with van der Waals surface area (Å²) in [5, 5.41) is 11.5. The summed E-state index contributed by atoms with van der Waals surface area (Å²) >= 11 is 0. The van der Waals surface area contributed by atoms with Gasteiger partial charge in [-0.3, -0.25) is 4.79 Å². The number of carbonyl (C=O) groups is 1. The van der Waals surface area contributed by atoms with Gasteiger partial charge >= 0.3 is 0 Å². The number of rotatable bonds is 1. The first-order valence-corrected chi connectivity index (χ1v) is 9.99. The fourth-order valence-electron chi connectivity index (χ4n) is 4.49. The molecule has 2 aliphatic rings. The van der Waals surface area contributed by atoms with Crippen LogP contribution in [-0.4, -0.2) is 51.8 Å². The van der Waals surface area contributed by atoms with Crippen molar-refractivity contribution in [2.24, 2.45) is 5.41 Å². The number of hydrogen-bond acceptors (Lipinski definition) is 3. The number of nitrogens with zero attached hydrogens (tertiary/aromatic N) is 1. The molecule has 1 spiro atoms. The van der Waals surface area contributed by atoms with Crippen molar-refractivity contribution in [1.29, 1.82) is 0 Å². The van der Waals surface area contributed by atoms with E-state index in [1.165, 1.54) is 0 Å². The second-order valence-corrected chi connectivity index (χ2v) is 9.31. The van der Waals surface area contributed by atoms with Gasteiger partial charge in [0.1, 0.15) is 5.69 Å². The van der Waals surface area contributed by atoms with E-state index in [1.807, 2.05) is 35.2 Å². The summed E-state index contributed by atoms with van der Waals surface area (Å²) in [5.74, 6) is 0.0461. The van der Waals surface area contributed by atoms with Gasteiger partial charge in [0.2, 0.25) is 0 Å². The maximum absolute atomic E-state index is 12.9. The summed E-state index contributed by atoms with van der Waals surface area (Å²) in [4.78, 5) is 18.1. The maximum Gasteiger partial charge on any atom is 0.270 e. The predicted molar refractivity (Wildman–Crippen MR) is 106 cm³/mol. The second kappa shape index (κ2) is 6.64. The van der Waals surface area contributed by atoms with Crippen LogP contribution in [0, 0.1) is 5.41 Å². The number of aromatic nitrogens is 1. The molecule has 1 amide bonds. The van der Waals surface area contributed by atoms with E-state index in [0.717, 1.165) is 23.7 Å². The van der Waals surface area contributed by atoms with Crippen LogP contribution in [0.3, 0.4) is 0 Å². The Morgan fingerprint density at radius 2 is 1.96 bits per heavy atom. The van der Waals surface area contributed by atoms with Crippen LogP contribution in [0.5, 0.6) is 0 Å². The highest BCUT2D eigenvalue weighted by Crippen LogP contribution is 2.42. The molecule has 2 atom stereocenters. The number of likely N-dealkylation sites (tertiary alicyclic amines) is 1. The Labute approximate surface area is 160 Å². The third kappa shape index (κ3) is 3.63. The number of nitrogens with one attached hydrogen (secondary N) is 1. The summed E-state index contributed by atoms with van der Waals surface area (Å²) in [6, 6.07) is 9.87. The van der Waals surface area contributed by atoms with Gasteiger partial charge < -0.3 is 19.7 Å². The van der Waals surface area contributed by atoms with E-state index < -0.39 is 0 Å². The quantitative estimate of drug-likeness (QED) is 0.804. The first kappa shape index (κ1) is 18.5. The Balaban J connectivity index is 1.45. The van der Waals surface area contributed by atoms with Crippen molar-refractivity contribution < 1.29 is 14.6 Å². The van der Waals surface area contributed by atoms with Crippen LogP contribution in [0.25, 0.3) is 10.9 Å². The molecule has 3 heterocycles. The van der Waals surface area contributed by atoms with Gasteiger partial charge in [0.25, 0.3) is 5.91 Å². The number of hydrogen-bond donors (Lipinski definition) is 2. The van der Waals surface area contributed by atoms with Crippen molar-refractivity contribution >= 4 is 16.8 Å². The van der Waals surface area contributed by atoms with Gasteiger partial charge in [-0.2, -0.15) is 0 Å². The summed E-state index contributed by atoms with van der Waals surface area (Å²) < 4.78 is 6.53. The Bertz CT molecular complexity index is 794. The van der Waals surface area contributed by atoms with Crippen molar-refractivity contribution in [1.82, 2.24) is 9.88 Å². The van der Waals surface area contributed by atoms with Crippen LogP contribution < -0.4 is 0 Å². The smallest absolute Gasteiger partial charge is 0.270 e. The summed E-state index contributed by atoms with van der Waals surface area (Å²) in [7, 11) is 0. The zero-order valence-corrected chi connectivity index (χ0v) is 16.5. The summed E-state index contributed by atoms with van der Waals surface area (Å²) in [6.45, 7) is 7.82. The number of ether oxygens (including phenoxy) is 1. The number of carbonyl (C=O) groups excluding carboxylic acids is 1. The van der Waals surface area contributed by atoms with Crippen molar-refractivity contribution in [3.63, 3.8) is 0 Å². The number of fused-ring (bicyclic) bond motifs is 1. The topological polar surface area (TPSA) is 65.6 Å². The molecule has 27 heavy (non-hydrogen) atoms. The SMILES string of the molecule is CC(C)(C)[C@H]1C[C@@H](O)CC2(CCN(C(=O)c3cc4ccccc4[nH]3)CC2)O1.